The van der Waals surface area contributed by atoms with Gasteiger partial charge in [0.05, 0.1) is 5.75 Å². The summed E-state index contributed by atoms with van der Waals surface area (Å²) in [7, 11) is 0. The number of amides is 2. The summed E-state index contributed by atoms with van der Waals surface area (Å²) in [4.78, 5) is 27.8. The van der Waals surface area contributed by atoms with Crippen molar-refractivity contribution in [2.45, 2.75) is 57.9 Å². The van der Waals surface area contributed by atoms with E-state index < -0.39 is 6.04 Å². The number of halogens is 1. The maximum absolute atomic E-state index is 13.1. The van der Waals surface area contributed by atoms with Gasteiger partial charge in [-0.25, -0.2) is 4.39 Å². The molecule has 0 spiro atoms. The molecule has 2 aromatic carbocycles. The van der Waals surface area contributed by atoms with E-state index in [0.717, 1.165) is 11.1 Å². The van der Waals surface area contributed by atoms with Crippen molar-refractivity contribution in [2.75, 3.05) is 12.3 Å². The fourth-order valence-electron chi connectivity index (χ4n) is 3.27. The molecule has 2 amide bonds. The molecule has 4 nitrogen and oxygen atoms in total. The van der Waals surface area contributed by atoms with Crippen LogP contribution in [0.3, 0.4) is 0 Å². The van der Waals surface area contributed by atoms with Gasteiger partial charge in [-0.05, 0) is 56.9 Å². The van der Waals surface area contributed by atoms with Crippen molar-refractivity contribution in [3.63, 3.8) is 0 Å². The number of carbonyl (C=O) groups is 2. The second-order valence-electron chi connectivity index (χ2n) is 8.61. The number of nitrogens with one attached hydrogen (secondary N) is 1. The van der Waals surface area contributed by atoms with Crippen LogP contribution in [0, 0.1) is 5.82 Å². The highest BCUT2D eigenvalue weighted by molar-refractivity contribution is 7.99. The molecular weight excluding hydrogens is 411 g/mol. The highest BCUT2D eigenvalue weighted by Crippen LogP contribution is 2.17. The van der Waals surface area contributed by atoms with Gasteiger partial charge in [0.15, 0.2) is 0 Å². The highest BCUT2D eigenvalue weighted by Gasteiger charge is 2.30. The Balaban J connectivity index is 2.07. The third kappa shape index (κ3) is 8.74. The quantitative estimate of drug-likeness (QED) is 0.571. The fourth-order valence-corrected chi connectivity index (χ4v) is 4.14. The average molecular weight is 445 g/mol. The highest BCUT2D eigenvalue weighted by atomic mass is 32.2. The molecule has 2 aromatic rings. The second kappa shape index (κ2) is 11.9. The van der Waals surface area contributed by atoms with E-state index in [4.69, 9.17) is 0 Å². The molecule has 0 aliphatic heterocycles. The Hall–Kier alpha value is -2.34. The minimum Gasteiger partial charge on any atom is -0.350 e. The summed E-state index contributed by atoms with van der Waals surface area (Å²) in [5.74, 6) is 0.432. The number of rotatable bonds is 10. The average Bonchev–Trinajstić information content (AvgIpc) is 2.71. The van der Waals surface area contributed by atoms with Crippen LogP contribution >= 0.6 is 11.8 Å². The van der Waals surface area contributed by atoms with E-state index in [-0.39, 0.29) is 28.9 Å². The zero-order valence-electron chi connectivity index (χ0n) is 18.9. The van der Waals surface area contributed by atoms with Crippen LogP contribution in [-0.2, 0) is 21.8 Å². The van der Waals surface area contributed by atoms with Crippen LogP contribution in [0.2, 0.25) is 0 Å². The monoisotopic (exact) mass is 444 g/mol. The fraction of sp³-hybridized carbons (Fsp3) is 0.440. The Morgan fingerprint density at radius 1 is 1.03 bits per heavy atom. The zero-order valence-corrected chi connectivity index (χ0v) is 19.7. The van der Waals surface area contributed by atoms with Crippen molar-refractivity contribution in [1.29, 1.82) is 0 Å². The Kier molecular flexibility index (Phi) is 9.56. The summed E-state index contributed by atoms with van der Waals surface area (Å²) < 4.78 is 13.1. The molecule has 6 heteroatoms. The largest absolute Gasteiger partial charge is 0.350 e. The summed E-state index contributed by atoms with van der Waals surface area (Å²) in [6, 6.07) is 15.8. The predicted octanol–water partition coefficient (Wildman–Crippen LogP) is 4.82. The third-order valence-corrected chi connectivity index (χ3v) is 5.76. The standard InChI is InChI=1S/C25H33FN2O2S/c1-5-22(24(30)27-25(2,3)4)28(16-15-19-9-7-6-8-10-19)23(29)18-31-17-20-11-13-21(26)14-12-20/h6-14,22H,5,15-18H2,1-4H3,(H,27,30). The summed E-state index contributed by atoms with van der Waals surface area (Å²) in [6.45, 7) is 8.22. The van der Waals surface area contributed by atoms with Gasteiger partial charge in [0, 0.05) is 17.8 Å². The lowest BCUT2D eigenvalue weighted by atomic mass is 10.1. The number of hydrogen-bond acceptors (Lipinski definition) is 3. The van der Waals surface area contributed by atoms with Crippen molar-refractivity contribution in [2.24, 2.45) is 0 Å². The van der Waals surface area contributed by atoms with E-state index in [2.05, 4.69) is 5.32 Å². The molecule has 0 fully saturated rings. The molecule has 0 aromatic heterocycles. The van der Waals surface area contributed by atoms with E-state index in [0.29, 0.717) is 25.1 Å². The Labute approximate surface area is 189 Å². The zero-order chi connectivity index (χ0) is 22.9. The van der Waals surface area contributed by atoms with Gasteiger partial charge in [0.25, 0.3) is 0 Å². The van der Waals surface area contributed by atoms with E-state index in [1.54, 1.807) is 17.0 Å². The molecule has 168 valence electrons. The van der Waals surface area contributed by atoms with Gasteiger partial charge in [0.2, 0.25) is 11.8 Å². The summed E-state index contributed by atoms with van der Waals surface area (Å²) in [6.07, 6.45) is 1.24. The lowest BCUT2D eigenvalue weighted by Gasteiger charge is -2.33. The molecule has 0 aliphatic carbocycles. The molecule has 1 unspecified atom stereocenters. The molecular formula is C25H33FN2O2S. The van der Waals surface area contributed by atoms with Crippen molar-refractivity contribution in [1.82, 2.24) is 10.2 Å². The van der Waals surface area contributed by atoms with Crippen molar-refractivity contribution in [3.05, 3.63) is 71.5 Å². The van der Waals surface area contributed by atoms with Crippen molar-refractivity contribution in [3.8, 4) is 0 Å². The molecule has 0 radical (unpaired) electrons. The molecule has 2 rings (SSSR count). The van der Waals surface area contributed by atoms with Gasteiger partial charge in [-0.2, -0.15) is 0 Å². The number of thioether (sulfide) groups is 1. The predicted molar refractivity (Wildman–Crippen MR) is 126 cm³/mol. The molecule has 0 saturated heterocycles. The Morgan fingerprint density at radius 3 is 2.26 bits per heavy atom. The first-order chi connectivity index (χ1) is 14.7. The first kappa shape index (κ1) is 24.9. The van der Waals surface area contributed by atoms with Crippen LogP contribution in [0.4, 0.5) is 4.39 Å². The maximum Gasteiger partial charge on any atom is 0.243 e. The smallest absolute Gasteiger partial charge is 0.243 e. The van der Waals surface area contributed by atoms with Crippen LogP contribution < -0.4 is 5.32 Å². The first-order valence-corrected chi connectivity index (χ1v) is 11.8. The van der Waals surface area contributed by atoms with Gasteiger partial charge < -0.3 is 10.2 Å². The van der Waals surface area contributed by atoms with Crippen LogP contribution in [0.1, 0.15) is 45.2 Å². The third-order valence-electron chi connectivity index (χ3n) is 4.78. The minimum absolute atomic E-state index is 0.0565. The molecule has 31 heavy (non-hydrogen) atoms. The maximum atomic E-state index is 13.1. The Morgan fingerprint density at radius 2 is 1.68 bits per heavy atom. The van der Waals surface area contributed by atoms with Gasteiger partial charge in [-0.15, -0.1) is 11.8 Å². The number of benzene rings is 2. The Bertz CT molecular complexity index is 835. The van der Waals surface area contributed by atoms with Crippen LogP contribution in [-0.4, -0.2) is 40.6 Å². The lowest BCUT2D eigenvalue weighted by Crippen LogP contribution is -2.54. The van der Waals surface area contributed by atoms with E-state index in [1.807, 2.05) is 58.0 Å². The molecule has 1 atom stereocenters. The molecule has 0 heterocycles. The molecule has 0 saturated carbocycles. The van der Waals surface area contributed by atoms with E-state index >= 15 is 0 Å². The first-order valence-electron chi connectivity index (χ1n) is 10.7. The van der Waals surface area contributed by atoms with Gasteiger partial charge >= 0.3 is 0 Å². The van der Waals surface area contributed by atoms with Gasteiger partial charge in [-0.3, -0.25) is 9.59 Å². The lowest BCUT2D eigenvalue weighted by molar-refractivity contribution is -0.139. The normalized spacial score (nSPS) is 12.3. The number of hydrogen-bond donors (Lipinski definition) is 1. The SMILES string of the molecule is CCC(C(=O)NC(C)(C)C)N(CCc1ccccc1)C(=O)CSCc1ccc(F)cc1. The number of carbonyl (C=O) groups excluding carboxylic acids is 2. The summed E-state index contributed by atoms with van der Waals surface area (Å²) in [5.41, 5.74) is 1.73. The van der Waals surface area contributed by atoms with Gasteiger partial charge in [-0.1, -0.05) is 49.4 Å². The van der Waals surface area contributed by atoms with Crippen LogP contribution in [0.15, 0.2) is 54.6 Å². The van der Waals surface area contributed by atoms with Crippen LogP contribution in [0.5, 0.6) is 0 Å². The molecule has 0 bridgehead atoms. The summed E-state index contributed by atoms with van der Waals surface area (Å²) in [5, 5.41) is 3.02. The minimum atomic E-state index is -0.512. The summed E-state index contributed by atoms with van der Waals surface area (Å²) >= 11 is 1.48. The van der Waals surface area contributed by atoms with E-state index in [9.17, 15) is 14.0 Å². The van der Waals surface area contributed by atoms with E-state index in [1.165, 1.54) is 23.9 Å². The second-order valence-corrected chi connectivity index (χ2v) is 9.59. The molecule has 1 N–H and O–H groups in total. The number of nitrogens with zero attached hydrogens (tertiary/aromatic N) is 1. The van der Waals surface area contributed by atoms with Gasteiger partial charge in [0.1, 0.15) is 11.9 Å². The van der Waals surface area contributed by atoms with Crippen LogP contribution in [0.25, 0.3) is 0 Å². The molecule has 0 aliphatic rings. The van der Waals surface area contributed by atoms with Crippen molar-refractivity contribution < 1.29 is 14.0 Å². The topological polar surface area (TPSA) is 49.4 Å². The van der Waals surface area contributed by atoms with Crippen molar-refractivity contribution >= 4 is 23.6 Å².